The van der Waals surface area contributed by atoms with E-state index in [-0.39, 0.29) is 43.4 Å². The fourth-order valence-electron chi connectivity index (χ4n) is 3.21. The molecule has 0 saturated heterocycles. The van der Waals surface area contributed by atoms with Crippen molar-refractivity contribution in [1.82, 2.24) is 20.9 Å². The Hall–Kier alpha value is -2.73. The average Bonchev–Trinajstić information content (AvgIpc) is 2.76. The van der Waals surface area contributed by atoms with Crippen LogP contribution in [0.15, 0.2) is 0 Å². The van der Waals surface area contributed by atoms with Crippen LogP contribution in [0.1, 0.15) is 74.1 Å². The van der Waals surface area contributed by atoms with Gasteiger partial charge in [-0.3, -0.25) is 24.0 Å². The van der Waals surface area contributed by atoms with Gasteiger partial charge in [0.05, 0.1) is 18.7 Å². The molecule has 214 valence electrons. The van der Waals surface area contributed by atoms with Crippen LogP contribution in [0.3, 0.4) is 0 Å². The number of carbonyl (C=O) groups excluding carboxylic acids is 4. The van der Waals surface area contributed by atoms with E-state index in [1.54, 1.807) is 13.8 Å². The summed E-state index contributed by atoms with van der Waals surface area (Å²) in [6, 6.07) is -0.846. The minimum absolute atomic E-state index is 0.157. The first kappa shape index (κ1) is 34.3. The number of hydrogen-bond donors (Lipinski definition) is 5. The van der Waals surface area contributed by atoms with Crippen molar-refractivity contribution in [3.8, 4) is 0 Å². The fourth-order valence-corrected chi connectivity index (χ4v) is 3.21. The van der Waals surface area contributed by atoms with Crippen molar-refractivity contribution in [2.24, 2.45) is 11.7 Å². The van der Waals surface area contributed by atoms with Crippen LogP contribution in [0.25, 0.3) is 0 Å². The zero-order valence-corrected chi connectivity index (χ0v) is 23.4. The largest absolute Gasteiger partial charge is 0.480 e. The van der Waals surface area contributed by atoms with Crippen molar-refractivity contribution < 1.29 is 33.8 Å². The number of carboxylic acid groups (broad SMARTS) is 1. The molecular formula is C25H47N5O7. The Balaban J connectivity index is 4.83. The van der Waals surface area contributed by atoms with E-state index in [4.69, 9.17) is 15.6 Å². The first-order chi connectivity index (χ1) is 17.0. The molecule has 0 aromatic rings. The molecule has 1 atom stereocenters. The van der Waals surface area contributed by atoms with Crippen LogP contribution in [0, 0.1) is 5.92 Å². The van der Waals surface area contributed by atoms with E-state index in [2.05, 4.69) is 16.0 Å². The molecule has 0 heterocycles. The second kappa shape index (κ2) is 16.2. The van der Waals surface area contributed by atoms with Crippen molar-refractivity contribution in [3.05, 3.63) is 0 Å². The molecule has 6 N–H and O–H groups in total. The van der Waals surface area contributed by atoms with Gasteiger partial charge in [-0.15, -0.1) is 0 Å². The Morgan fingerprint density at radius 2 is 1.59 bits per heavy atom. The van der Waals surface area contributed by atoms with Crippen LogP contribution in [0.4, 0.5) is 0 Å². The van der Waals surface area contributed by atoms with Gasteiger partial charge in [-0.05, 0) is 52.9 Å². The third kappa shape index (κ3) is 16.6. The molecule has 1 unspecified atom stereocenters. The van der Waals surface area contributed by atoms with Crippen LogP contribution in [0.5, 0.6) is 0 Å². The number of rotatable bonds is 18. The molecule has 4 amide bonds. The lowest BCUT2D eigenvalue weighted by atomic mass is 9.99. The quantitative estimate of drug-likeness (QED) is 0.169. The molecule has 0 rings (SSSR count). The summed E-state index contributed by atoms with van der Waals surface area (Å²) in [5, 5.41) is 16.1. The molecule has 0 bridgehead atoms. The molecule has 12 heteroatoms. The number of nitrogens with one attached hydrogen (secondary N) is 3. The number of carboxylic acids is 1. The van der Waals surface area contributed by atoms with Gasteiger partial charge < -0.3 is 36.4 Å². The van der Waals surface area contributed by atoms with E-state index in [0.29, 0.717) is 25.9 Å². The Morgan fingerprint density at radius 1 is 0.973 bits per heavy atom. The molecular weight excluding hydrogens is 482 g/mol. The topological polar surface area (TPSA) is 180 Å². The van der Waals surface area contributed by atoms with E-state index < -0.39 is 41.9 Å². The highest BCUT2D eigenvalue weighted by Gasteiger charge is 2.27. The maximum Gasteiger partial charge on any atom is 0.322 e. The van der Waals surface area contributed by atoms with Gasteiger partial charge in [-0.1, -0.05) is 20.8 Å². The number of carbonyl (C=O) groups is 5. The molecule has 0 fully saturated rings. The molecule has 0 saturated carbocycles. The molecule has 0 radical (unpaired) electrons. The number of aliphatic carboxylic acids is 1. The summed E-state index contributed by atoms with van der Waals surface area (Å²) in [5.41, 5.74) is 5.10. The van der Waals surface area contributed by atoms with Crippen molar-refractivity contribution >= 4 is 29.6 Å². The molecule has 0 aromatic heterocycles. The van der Waals surface area contributed by atoms with Crippen LogP contribution in [-0.4, -0.2) is 89.6 Å². The van der Waals surface area contributed by atoms with Crippen molar-refractivity contribution in [3.63, 3.8) is 0 Å². The minimum atomic E-state index is -1.19. The highest BCUT2D eigenvalue weighted by atomic mass is 16.5. The lowest BCUT2D eigenvalue weighted by molar-refractivity contribution is -0.139. The molecule has 12 nitrogen and oxygen atoms in total. The first-order valence-corrected chi connectivity index (χ1v) is 12.7. The van der Waals surface area contributed by atoms with Crippen LogP contribution in [-0.2, 0) is 28.7 Å². The smallest absolute Gasteiger partial charge is 0.322 e. The predicted molar refractivity (Wildman–Crippen MR) is 139 cm³/mol. The summed E-state index contributed by atoms with van der Waals surface area (Å²) in [7, 11) is 0. The van der Waals surface area contributed by atoms with Gasteiger partial charge in [0.25, 0.3) is 0 Å². The minimum Gasteiger partial charge on any atom is -0.480 e. The lowest BCUT2D eigenvalue weighted by Crippen LogP contribution is -2.52. The monoisotopic (exact) mass is 529 g/mol. The number of hydrogen-bond acceptors (Lipinski definition) is 7. The van der Waals surface area contributed by atoms with Gasteiger partial charge in [0, 0.05) is 25.1 Å². The maximum atomic E-state index is 12.8. The SMILES string of the molecule is CCCN(CC(=O)NCC(=O)O)C(=O)CNC(=O)C(NC(=O)CCC(C)(C)OCCC(C)(C)N)C(C)C. The van der Waals surface area contributed by atoms with E-state index >= 15 is 0 Å². The Kier molecular flexibility index (Phi) is 15.0. The predicted octanol–water partition coefficient (Wildman–Crippen LogP) is 0.386. The van der Waals surface area contributed by atoms with Gasteiger partial charge >= 0.3 is 5.97 Å². The average molecular weight is 530 g/mol. The van der Waals surface area contributed by atoms with Crippen LogP contribution < -0.4 is 21.7 Å². The second-order valence-corrected chi connectivity index (χ2v) is 10.8. The highest BCUT2D eigenvalue weighted by Crippen LogP contribution is 2.18. The summed E-state index contributed by atoms with van der Waals surface area (Å²) in [6.45, 7) is 12.5. The number of nitrogens with zero attached hydrogens (tertiary/aromatic N) is 1. The molecule has 0 aliphatic carbocycles. The van der Waals surface area contributed by atoms with Crippen molar-refractivity contribution in [2.75, 3.05) is 32.8 Å². The Bertz CT molecular complexity index is 778. The maximum absolute atomic E-state index is 12.8. The molecule has 0 aromatic carbocycles. The molecule has 0 spiro atoms. The molecule has 37 heavy (non-hydrogen) atoms. The molecule has 0 aliphatic heterocycles. The number of nitrogens with two attached hydrogens (primary N) is 1. The number of ether oxygens (including phenoxy) is 1. The van der Waals surface area contributed by atoms with Crippen LogP contribution in [0.2, 0.25) is 0 Å². The highest BCUT2D eigenvalue weighted by molar-refractivity contribution is 5.92. The summed E-state index contributed by atoms with van der Waals surface area (Å²) in [6.07, 6.45) is 1.86. The van der Waals surface area contributed by atoms with Gasteiger partial charge in [0.2, 0.25) is 23.6 Å². The fraction of sp³-hybridized carbons (Fsp3) is 0.800. The first-order valence-electron chi connectivity index (χ1n) is 12.7. The van der Waals surface area contributed by atoms with Gasteiger partial charge in [0.1, 0.15) is 12.6 Å². The zero-order chi connectivity index (χ0) is 28.8. The normalized spacial score (nSPS) is 12.6. The lowest BCUT2D eigenvalue weighted by Gasteiger charge is -2.28. The summed E-state index contributed by atoms with van der Waals surface area (Å²) in [5.74, 6) is -3.34. The third-order valence-corrected chi connectivity index (χ3v) is 5.49. The van der Waals surface area contributed by atoms with E-state index in [9.17, 15) is 24.0 Å². The summed E-state index contributed by atoms with van der Waals surface area (Å²) in [4.78, 5) is 61.7. The second-order valence-electron chi connectivity index (χ2n) is 10.8. The standard InChI is InChI=1S/C25H47N5O7/c1-8-12-30(16-19(32)27-15-21(34)35)20(33)14-28-23(36)22(17(2)3)29-18(31)9-10-25(6,7)37-13-11-24(4,5)26/h17,22H,8-16,26H2,1-7H3,(H,27,32)(H,28,36)(H,29,31)(H,34,35). The van der Waals surface area contributed by atoms with Gasteiger partial charge in [-0.25, -0.2) is 0 Å². The zero-order valence-electron chi connectivity index (χ0n) is 23.4. The van der Waals surface area contributed by atoms with E-state index in [0.717, 1.165) is 0 Å². The summed E-state index contributed by atoms with van der Waals surface area (Å²) >= 11 is 0. The summed E-state index contributed by atoms with van der Waals surface area (Å²) < 4.78 is 5.88. The Labute approximate surface area is 220 Å². The van der Waals surface area contributed by atoms with E-state index in [1.807, 2.05) is 34.6 Å². The molecule has 0 aliphatic rings. The van der Waals surface area contributed by atoms with E-state index in [1.165, 1.54) is 4.90 Å². The van der Waals surface area contributed by atoms with Gasteiger partial charge in [0.15, 0.2) is 0 Å². The Morgan fingerprint density at radius 3 is 2.11 bits per heavy atom. The van der Waals surface area contributed by atoms with Crippen molar-refractivity contribution in [2.45, 2.75) is 91.3 Å². The van der Waals surface area contributed by atoms with Gasteiger partial charge in [-0.2, -0.15) is 0 Å². The van der Waals surface area contributed by atoms with Crippen molar-refractivity contribution in [1.29, 1.82) is 0 Å². The third-order valence-electron chi connectivity index (χ3n) is 5.49. The van der Waals surface area contributed by atoms with Crippen LogP contribution >= 0.6 is 0 Å². The number of amides is 4.